The molecule has 1 heterocycles. The molecule has 0 aromatic rings. The van der Waals surface area contributed by atoms with Crippen molar-refractivity contribution in [1.29, 1.82) is 0 Å². The van der Waals surface area contributed by atoms with Gasteiger partial charge in [0.1, 0.15) is 0 Å². The number of likely N-dealkylation sites (tertiary alicyclic amines) is 1. The highest BCUT2D eigenvalue weighted by molar-refractivity contribution is 5.84. The maximum atomic E-state index is 11.9. The molecule has 0 radical (unpaired) electrons. The predicted molar refractivity (Wildman–Crippen MR) is 88.2 cm³/mol. The SMILES string of the molecule is CC(C)NC(C)(CC(C)N1CC(C)C(N(C)C)C1)C(N)=O. The molecule has 1 aliphatic rings. The number of hydrogen-bond donors (Lipinski definition) is 2. The highest BCUT2D eigenvalue weighted by Crippen LogP contribution is 2.25. The van der Waals surface area contributed by atoms with E-state index in [0.29, 0.717) is 18.0 Å². The highest BCUT2D eigenvalue weighted by atomic mass is 16.1. The Kier molecular flexibility index (Phi) is 6.20. The van der Waals surface area contributed by atoms with Crippen molar-refractivity contribution in [1.82, 2.24) is 15.1 Å². The number of carbonyl (C=O) groups excluding carboxylic acids is 1. The smallest absolute Gasteiger partial charge is 0.237 e. The van der Waals surface area contributed by atoms with E-state index in [1.165, 1.54) is 0 Å². The molecule has 4 atom stereocenters. The molecule has 0 saturated carbocycles. The Morgan fingerprint density at radius 3 is 2.33 bits per heavy atom. The van der Waals surface area contributed by atoms with Crippen LogP contribution in [0.15, 0.2) is 0 Å². The van der Waals surface area contributed by atoms with Gasteiger partial charge in [-0.05, 0) is 54.1 Å². The van der Waals surface area contributed by atoms with Crippen molar-refractivity contribution in [3.8, 4) is 0 Å². The minimum Gasteiger partial charge on any atom is -0.368 e. The zero-order valence-corrected chi connectivity index (χ0v) is 14.8. The number of carbonyl (C=O) groups is 1. The first-order chi connectivity index (χ1) is 9.56. The summed E-state index contributed by atoms with van der Waals surface area (Å²) in [6.07, 6.45) is 0.743. The van der Waals surface area contributed by atoms with Crippen molar-refractivity contribution >= 4 is 5.91 Å². The molecule has 124 valence electrons. The van der Waals surface area contributed by atoms with E-state index in [2.05, 4.69) is 43.1 Å². The van der Waals surface area contributed by atoms with Crippen LogP contribution in [-0.2, 0) is 4.79 Å². The fourth-order valence-corrected chi connectivity index (χ4v) is 3.61. The number of hydrogen-bond acceptors (Lipinski definition) is 4. The maximum absolute atomic E-state index is 11.9. The molecule has 0 spiro atoms. The van der Waals surface area contributed by atoms with Crippen LogP contribution in [0.25, 0.3) is 0 Å². The van der Waals surface area contributed by atoms with Gasteiger partial charge in [-0.3, -0.25) is 9.69 Å². The Morgan fingerprint density at radius 2 is 1.95 bits per heavy atom. The molecule has 0 bridgehead atoms. The molecule has 21 heavy (non-hydrogen) atoms. The second-order valence-corrected chi connectivity index (χ2v) is 7.51. The largest absolute Gasteiger partial charge is 0.368 e. The number of nitrogens with two attached hydrogens (primary N) is 1. The van der Waals surface area contributed by atoms with Crippen LogP contribution in [0.2, 0.25) is 0 Å². The van der Waals surface area contributed by atoms with Gasteiger partial charge in [0.2, 0.25) is 5.91 Å². The summed E-state index contributed by atoms with van der Waals surface area (Å²) >= 11 is 0. The Labute approximate surface area is 130 Å². The standard InChI is InChI=1S/C16H34N4O/c1-11(2)18-16(5,15(17)21)8-13(4)20-9-12(3)14(10-20)19(6)7/h11-14,18H,8-10H2,1-7H3,(H2,17,21). The maximum Gasteiger partial charge on any atom is 0.237 e. The molecule has 1 fully saturated rings. The minimum absolute atomic E-state index is 0.238. The molecular formula is C16H34N4O. The van der Waals surface area contributed by atoms with Gasteiger partial charge in [-0.25, -0.2) is 0 Å². The van der Waals surface area contributed by atoms with Crippen LogP contribution in [0, 0.1) is 5.92 Å². The van der Waals surface area contributed by atoms with Crippen LogP contribution in [0.5, 0.6) is 0 Å². The fourth-order valence-electron chi connectivity index (χ4n) is 3.61. The summed E-state index contributed by atoms with van der Waals surface area (Å²) in [5.41, 5.74) is 5.00. The topological polar surface area (TPSA) is 61.6 Å². The van der Waals surface area contributed by atoms with E-state index in [9.17, 15) is 4.79 Å². The zero-order chi connectivity index (χ0) is 16.4. The number of nitrogens with one attached hydrogen (secondary N) is 1. The molecule has 1 saturated heterocycles. The monoisotopic (exact) mass is 298 g/mol. The van der Waals surface area contributed by atoms with Crippen LogP contribution >= 0.6 is 0 Å². The first-order valence-corrected chi connectivity index (χ1v) is 8.05. The zero-order valence-electron chi connectivity index (χ0n) is 14.8. The number of nitrogens with zero attached hydrogens (tertiary/aromatic N) is 2. The van der Waals surface area contributed by atoms with Crippen molar-refractivity contribution in [2.75, 3.05) is 27.2 Å². The second kappa shape index (κ2) is 7.07. The Hall–Kier alpha value is -0.650. The molecule has 4 unspecified atom stereocenters. The lowest BCUT2D eigenvalue weighted by Crippen LogP contribution is -2.58. The molecule has 5 heteroatoms. The van der Waals surface area contributed by atoms with Crippen LogP contribution < -0.4 is 11.1 Å². The van der Waals surface area contributed by atoms with Gasteiger partial charge >= 0.3 is 0 Å². The summed E-state index contributed by atoms with van der Waals surface area (Å²) in [7, 11) is 4.28. The summed E-state index contributed by atoms with van der Waals surface area (Å²) in [6, 6.07) is 1.16. The summed E-state index contributed by atoms with van der Waals surface area (Å²) in [5.74, 6) is 0.389. The van der Waals surface area contributed by atoms with E-state index in [4.69, 9.17) is 5.73 Å². The summed E-state index contributed by atoms with van der Waals surface area (Å²) in [4.78, 5) is 16.7. The lowest BCUT2D eigenvalue weighted by Gasteiger charge is -2.35. The first kappa shape index (κ1) is 18.4. The molecule has 0 aromatic heterocycles. The van der Waals surface area contributed by atoms with E-state index < -0.39 is 5.54 Å². The van der Waals surface area contributed by atoms with Crippen LogP contribution in [0.1, 0.15) is 41.0 Å². The molecule has 1 aliphatic heterocycles. The van der Waals surface area contributed by atoms with Gasteiger partial charge in [0.05, 0.1) is 5.54 Å². The third-order valence-electron chi connectivity index (χ3n) is 4.74. The van der Waals surface area contributed by atoms with Crippen molar-refractivity contribution in [3.63, 3.8) is 0 Å². The van der Waals surface area contributed by atoms with Gasteiger partial charge in [0.25, 0.3) is 0 Å². The average molecular weight is 298 g/mol. The average Bonchev–Trinajstić information content (AvgIpc) is 2.70. The highest BCUT2D eigenvalue weighted by Gasteiger charge is 2.38. The number of primary amides is 1. The van der Waals surface area contributed by atoms with E-state index in [1.807, 2.05) is 20.8 Å². The van der Waals surface area contributed by atoms with Crippen LogP contribution in [0.3, 0.4) is 0 Å². The summed E-state index contributed by atoms with van der Waals surface area (Å²) in [6.45, 7) is 12.7. The van der Waals surface area contributed by atoms with Crippen LogP contribution in [-0.4, -0.2) is 66.6 Å². The summed E-state index contributed by atoms with van der Waals surface area (Å²) < 4.78 is 0. The molecule has 3 N–H and O–H groups in total. The van der Waals surface area contributed by atoms with Gasteiger partial charge < -0.3 is 16.0 Å². The van der Waals surface area contributed by atoms with Crippen LogP contribution in [0.4, 0.5) is 0 Å². The molecule has 5 nitrogen and oxygen atoms in total. The van der Waals surface area contributed by atoms with Gasteiger partial charge in [-0.15, -0.1) is 0 Å². The van der Waals surface area contributed by atoms with Gasteiger partial charge in [-0.1, -0.05) is 6.92 Å². The van der Waals surface area contributed by atoms with E-state index in [0.717, 1.165) is 19.5 Å². The van der Waals surface area contributed by atoms with Crippen molar-refractivity contribution in [2.24, 2.45) is 11.7 Å². The molecule has 0 aliphatic carbocycles. The van der Waals surface area contributed by atoms with E-state index in [-0.39, 0.29) is 11.9 Å². The Balaban J connectivity index is 2.71. The molecule has 0 aromatic carbocycles. The minimum atomic E-state index is -0.646. The second-order valence-electron chi connectivity index (χ2n) is 7.51. The quantitative estimate of drug-likeness (QED) is 0.733. The fraction of sp³-hybridized carbons (Fsp3) is 0.938. The lowest BCUT2D eigenvalue weighted by atomic mass is 9.91. The first-order valence-electron chi connectivity index (χ1n) is 8.05. The third kappa shape index (κ3) is 4.66. The number of rotatable bonds is 7. The van der Waals surface area contributed by atoms with Crippen molar-refractivity contribution in [2.45, 2.75) is 64.7 Å². The van der Waals surface area contributed by atoms with Crippen molar-refractivity contribution < 1.29 is 4.79 Å². The van der Waals surface area contributed by atoms with Crippen molar-refractivity contribution in [3.05, 3.63) is 0 Å². The third-order valence-corrected chi connectivity index (χ3v) is 4.74. The van der Waals surface area contributed by atoms with Gasteiger partial charge in [0, 0.05) is 31.2 Å². The molecular weight excluding hydrogens is 264 g/mol. The molecule has 1 amide bonds. The summed E-state index contributed by atoms with van der Waals surface area (Å²) in [5, 5.41) is 3.34. The lowest BCUT2D eigenvalue weighted by molar-refractivity contribution is -0.124. The number of amides is 1. The number of likely N-dealkylation sites (N-methyl/N-ethyl adjacent to an activating group) is 1. The normalized spacial score (nSPS) is 28.0. The Bertz CT molecular complexity index is 358. The molecule has 1 rings (SSSR count). The van der Waals surface area contributed by atoms with Gasteiger partial charge in [-0.2, -0.15) is 0 Å². The Morgan fingerprint density at radius 1 is 1.38 bits per heavy atom. The van der Waals surface area contributed by atoms with Gasteiger partial charge in [0.15, 0.2) is 0 Å². The predicted octanol–water partition coefficient (Wildman–Crippen LogP) is 0.889. The van der Waals surface area contributed by atoms with E-state index >= 15 is 0 Å². The van der Waals surface area contributed by atoms with E-state index in [1.54, 1.807) is 0 Å².